The van der Waals surface area contributed by atoms with Crippen molar-refractivity contribution in [2.24, 2.45) is 11.8 Å². The Morgan fingerprint density at radius 3 is 2.22 bits per heavy atom. The molecule has 142 valence electrons. The molecule has 27 heavy (non-hydrogen) atoms. The molecule has 0 spiro atoms. The Morgan fingerprint density at radius 1 is 1.04 bits per heavy atom. The van der Waals surface area contributed by atoms with Crippen molar-refractivity contribution in [3.05, 3.63) is 65.2 Å². The lowest BCUT2D eigenvalue weighted by atomic mass is 9.91. The van der Waals surface area contributed by atoms with E-state index in [1.165, 1.54) is 11.1 Å². The van der Waals surface area contributed by atoms with Crippen molar-refractivity contribution in [3.8, 4) is 5.75 Å². The monoisotopic (exact) mass is 365 g/mol. The molecule has 1 aliphatic carbocycles. The molecule has 4 nitrogen and oxygen atoms in total. The molecule has 1 saturated carbocycles. The van der Waals surface area contributed by atoms with Crippen LogP contribution in [0.3, 0.4) is 0 Å². The first-order chi connectivity index (χ1) is 12.9. The number of rotatable bonds is 5. The van der Waals surface area contributed by atoms with Gasteiger partial charge < -0.3 is 10.2 Å². The quantitative estimate of drug-likeness (QED) is 0.799. The van der Waals surface area contributed by atoms with Crippen LogP contribution in [0.5, 0.6) is 5.75 Å². The number of aliphatic hydroxyl groups is 1. The average Bonchev–Trinajstić information content (AvgIpc) is 3.11. The van der Waals surface area contributed by atoms with Gasteiger partial charge >= 0.3 is 0 Å². The second-order valence-corrected chi connectivity index (χ2v) is 8.48. The van der Waals surface area contributed by atoms with Crippen LogP contribution in [0.4, 0.5) is 0 Å². The van der Waals surface area contributed by atoms with Crippen molar-refractivity contribution in [2.75, 3.05) is 19.6 Å². The molecule has 0 aromatic heterocycles. The van der Waals surface area contributed by atoms with E-state index in [1.807, 2.05) is 0 Å². The fraction of sp³-hybridized carbons (Fsp3) is 0.435. The highest BCUT2D eigenvalue weighted by atomic mass is 16.3. The summed E-state index contributed by atoms with van der Waals surface area (Å²) in [7, 11) is 0. The van der Waals surface area contributed by atoms with Crippen molar-refractivity contribution in [2.45, 2.75) is 31.8 Å². The van der Waals surface area contributed by atoms with E-state index in [4.69, 9.17) is 0 Å². The maximum Gasteiger partial charge on any atom is 0.176 e. The molecule has 1 saturated heterocycles. The predicted molar refractivity (Wildman–Crippen MR) is 105 cm³/mol. The SMILES string of the molecule is Cc1ccc(CC2(O)CC3CN(CC(=O)c4ccc(O)cc4)CC3C2)cc1. The van der Waals surface area contributed by atoms with Crippen molar-refractivity contribution in [1.29, 1.82) is 0 Å². The molecule has 2 atom stereocenters. The summed E-state index contributed by atoms with van der Waals surface area (Å²) in [4.78, 5) is 14.7. The van der Waals surface area contributed by atoms with Gasteiger partial charge in [-0.3, -0.25) is 9.69 Å². The lowest BCUT2D eigenvalue weighted by Crippen LogP contribution is -2.34. The number of fused-ring (bicyclic) bond motifs is 1. The zero-order chi connectivity index (χ0) is 19.0. The fourth-order valence-electron chi connectivity index (χ4n) is 4.86. The summed E-state index contributed by atoms with van der Waals surface area (Å²) < 4.78 is 0. The second-order valence-electron chi connectivity index (χ2n) is 8.48. The number of aromatic hydroxyl groups is 1. The van der Waals surface area contributed by atoms with Crippen LogP contribution in [0.1, 0.15) is 34.3 Å². The standard InChI is InChI=1S/C23H27NO3/c1-16-2-4-17(5-3-16)10-23(27)11-19-13-24(14-20(19)12-23)15-22(26)18-6-8-21(25)9-7-18/h2-9,19-20,25,27H,10-15H2,1H3. The molecule has 4 rings (SSSR count). The largest absolute Gasteiger partial charge is 0.508 e. The van der Waals surface area contributed by atoms with Crippen molar-refractivity contribution in [3.63, 3.8) is 0 Å². The molecule has 2 aromatic rings. The number of phenolic OH excluding ortho intramolecular Hbond substituents is 1. The molecular formula is C23H27NO3. The molecule has 0 radical (unpaired) electrons. The molecule has 1 aliphatic heterocycles. The van der Waals surface area contributed by atoms with E-state index in [1.54, 1.807) is 24.3 Å². The number of benzene rings is 2. The Kier molecular flexibility index (Phi) is 4.79. The van der Waals surface area contributed by atoms with Gasteiger partial charge in [-0.2, -0.15) is 0 Å². The van der Waals surface area contributed by atoms with E-state index in [-0.39, 0.29) is 11.5 Å². The first kappa shape index (κ1) is 18.2. The minimum atomic E-state index is -0.613. The molecule has 2 aromatic carbocycles. The predicted octanol–water partition coefficient (Wildman–Crippen LogP) is 3.20. The normalized spacial score (nSPS) is 27.6. The first-order valence-corrected chi connectivity index (χ1v) is 9.73. The van der Waals surface area contributed by atoms with Gasteiger partial charge in [0.15, 0.2) is 5.78 Å². The van der Waals surface area contributed by atoms with E-state index < -0.39 is 5.60 Å². The third-order valence-corrected chi connectivity index (χ3v) is 6.15. The van der Waals surface area contributed by atoms with Crippen molar-refractivity contribution < 1.29 is 15.0 Å². The molecule has 1 heterocycles. The summed E-state index contributed by atoms with van der Waals surface area (Å²) in [6.45, 7) is 4.25. The lowest BCUT2D eigenvalue weighted by Gasteiger charge is -2.26. The van der Waals surface area contributed by atoms with Crippen LogP contribution in [0.15, 0.2) is 48.5 Å². The number of hydrogen-bond donors (Lipinski definition) is 2. The first-order valence-electron chi connectivity index (χ1n) is 9.73. The van der Waals surface area contributed by atoms with Crippen LogP contribution in [0.2, 0.25) is 0 Å². The summed E-state index contributed by atoms with van der Waals surface area (Å²) in [5.74, 6) is 1.20. The summed E-state index contributed by atoms with van der Waals surface area (Å²) in [6, 6.07) is 14.9. The third-order valence-electron chi connectivity index (χ3n) is 6.15. The van der Waals surface area contributed by atoms with E-state index in [0.717, 1.165) is 25.9 Å². The molecular weight excluding hydrogens is 338 g/mol. The minimum Gasteiger partial charge on any atom is -0.508 e. The highest BCUT2D eigenvalue weighted by Crippen LogP contribution is 2.45. The summed E-state index contributed by atoms with van der Waals surface area (Å²) in [5, 5.41) is 20.4. The topological polar surface area (TPSA) is 60.8 Å². The lowest BCUT2D eigenvalue weighted by molar-refractivity contribution is 0.0355. The molecule has 0 amide bonds. The zero-order valence-corrected chi connectivity index (χ0v) is 15.8. The number of phenols is 1. The number of Topliss-reactive ketones (excluding diaryl/α,β-unsaturated/α-hetero) is 1. The Labute approximate surface area is 160 Å². The number of ketones is 1. The molecule has 2 fully saturated rings. The number of carbonyl (C=O) groups excluding carboxylic acids is 1. The number of carbonyl (C=O) groups is 1. The second kappa shape index (κ2) is 7.10. The van der Waals surface area contributed by atoms with Crippen molar-refractivity contribution in [1.82, 2.24) is 4.90 Å². The van der Waals surface area contributed by atoms with Gasteiger partial charge in [-0.05, 0) is 61.4 Å². The van der Waals surface area contributed by atoms with Gasteiger partial charge in [0.1, 0.15) is 5.75 Å². The molecule has 2 N–H and O–H groups in total. The van der Waals surface area contributed by atoms with Gasteiger partial charge in [-0.15, -0.1) is 0 Å². The average molecular weight is 365 g/mol. The van der Waals surface area contributed by atoms with Crippen LogP contribution in [0, 0.1) is 18.8 Å². The van der Waals surface area contributed by atoms with Crippen LogP contribution in [-0.4, -0.2) is 46.1 Å². The number of nitrogens with zero attached hydrogens (tertiary/aromatic N) is 1. The van der Waals surface area contributed by atoms with Crippen molar-refractivity contribution >= 4 is 5.78 Å². The Balaban J connectivity index is 1.33. The Hall–Kier alpha value is -2.17. The molecule has 2 aliphatic rings. The highest BCUT2D eigenvalue weighted by molar-refractivity contribution is 5.97. The third kappa shape index (κ3) is 4.07. The van der Waals surface area contributed by atoms with Gasteiger partial charge in [-0.1, -0.05) is 29.8 Å². The van der Waals surface area contributed by atoms with Gasteiger partial charge in [0.05, 0.1) is 12.1 Å². The van der Waals surface area contributed by atoms with E-state index in [0.29, 0.717) is 30.4 Å². The summed E-state index contributed by atoms with van der Waals surface area (Å²) >= 11 is 0. The molecule has 0 bridgehead atoms. The van der Waals surface area contributed by atoms with Gasteiger partial charge in [-0.25, -0.2) is 0 Å². The number of likely N-dealkylation sites (tertiary alicyclic amines) is 1. The zero-order valence-electron chi connectivity index (χ0n) is 15.8. The van der Waals surface area contributed by atoms with E-state index >= 15 is 0 Å². The van der Waals surface area contributed by atoms with E-state index in [2.05, 4.69) is 36.1 Å². The summed E-state index contributed by atoms with van der Waals surface area (Å²) in [6.07, 6.45) is 2.34. The number of aryl methyl sites for hydroxylation is 1. The van der Waals surface area contributed by atoms with E-state index in [9.17, 15) is 15.0 Å². The smallest absolute Gasteiger partial charge is 0.176 e. The highest BCUT2D eigenvalue weighted by Gasteiger charge is 2.48. The molecule has 4 heteroatoms. The minimum absolute atomic E-state index is 0.0879. The maximum absolute atomic E-state index is 12.5. The van der Waals surface area contributed by atoms with Crippen LogP contribution in [0.25, 0.3) is 0 Å². The Morgan fingerprint density at radius 2 is 1.63 bits per heavy atom. The van der Waals surface area contributed by atoms with Crippen LogP contribution >= 0.6 is 0 Å². The Bertz CT molecular complexity index is 799. The van der Waals surface area contributed by atoms with Gasteiger partial charge in [0, 0.05) is 25.1 Å². The van der Waals surface area contributed by atoms with Gasteiger partial charge in [0.2, 0.25) is 0 Å². The fourth-order valence-corrected chi connectivity index (χ4v) is 4.86. The van der Waals surface area contributed by atoms with Crippen LogP contribution < -0.4 is 0 Å². The summed E-state index contributed by atoms with van der Waals surface area (Å²) in [5.41, 5.74) is 2.46. The number of hydrogen-bond acceptors (Lipinski definition) is 4. The molecule has 2 unspecified atom stereocenters. The van der Waals surface area contributed by atoms with Crippen LogP contribution in [-0.2, 0) is 6.42 Å². The van der Waals surface area contributed by atoms with Gasteiger partial charge in [0.25, 0.3) is 0 Å². The maximum atomic E-state index is 12.5.